The van der Waals surface area contributed by atoms with Crippen LogP contribution in [0.2, 0.25) is 0 Å². The molecule has 15 heavy (non-hydrogen) atoms. The van der Waals surface area contributed by atoms with Crippen molar-refractivity contribution in [2.45, 2.75) is 26.8 Å². The molecule has 0 radical (unpaired) electrons. The van der Waals surface area contributed by atoms with Crippen LogP contribution in [-0.2, 0) is 6.54 Å². The van der Waals surface area contributed by atoms with Gasteiger partial charge in [-0.2, -0.15) is 5.10 Å². The maximum Gasteiger partial charge on any atom is 0.166 e. The zero-order valence-electron chi connectivity index (χ0n) is 9.50. The first-order valence-corrected chi connectivity index (χ1v) is 5.51. The van der Waals surface area contributed by atoms with Gasteiger partial charge in [-0.1, -0.05) is 0 Å². The molecule has 0 amide bonds. The number of thiocarbonyl (C=S) groups is 1. The summed E-state index contributed by atoms with van der Waals surface area (Å²) in [6.45, 7) is 5.89. The molecule has 0 saturated heterocycles. The third kappa shape index (κ3) is 3.87. The molecule has 1 aromatic rings. The molecule has 0 aliphatic rings. The molecule has 0 spiro atoms. The molecule has 4 nitrogen and oxygen atoms in total. The van der Waals surface area contributed by atoms with Gasteiger partial charge in [-0.15, -0.1) is 0 Å². The predicted molar refractivity (Wildman–Crippen MR) is 66.0 cm³/mol. The van der Waals surface area contributed by atoms with E-state index in [0.29, 0.717) is 5.11 Å². The Morgan fingerprint density at radius 1 is 1.53 bits per heavy atom. The third-order valence-corrected chi connectivity index (χ3v) is 2.51. The molecule has 1 aromatic heterocycles. The van der Waals surface area contributed by atoms with Crippen LogP contribution in [0.25, 0.3) is 0 Å². The summed E-state index contributed by atoms with van der Waals surface area (Å²) in [5.74, 6) is 0. The molecule has 0 aromatic carbocycles. The Labute approximate surface area is 96.1 Å². The highest BCUT2D eigenvalue weighted by atomic mass is 32.1. The molecule has 0 aliphatic heterocycles. The van der Waals surface area contributed by atoms with Crippen LogP contribution in [0.5, 0.6) is 0 Å². The van der Waals surface area contributed by atoms with E-state index in [2.05, 4.69) is 28.7 Å². The van der Waals surface area contributed by atoms with Crippen LogP contribution in [0.3, 0.4) is 0 Å². The molecule has 5 heteroatoms. The Balaban J connectivity index is 2.26. The van der Waals surface area contributed by atoms with Crippen molar-refractivity contribution in [3.8, 4) is 0 Å². The lowest BCUT2D eigenvalue weighted by Gasteiger charge is -2.07. The zero-order valence-corrected chi connectivity index (χ0v) is 10.3. The molecule has 2 N–H and O–H groups in total. The quantitative estimate of drug-likeness (QED) is 0.593. The van der Waals surface area contributed by atoms with E-state index in [1.54, 1.807) is 0 Å². The van der Waals surface area contributed by atoms with Crippen molar-refractivity contribution in [3.05, 3.63) is 17.5 Å². The Morgan fingerprint density at radius 2 is 2.27 bits per heavy atom. The molecular weight excluding hydrogens is 208 g/mol. The number of nitrogens with one attached hydrogen (secondary N) is 2. The molecular formula is C10H18N4S. The van der Waals surface area contributed by atoms with Crippen molar-refractivity contribution in [2.75, 3.05) is 13.6 Å². The van der Waals surface area contributed by atoms with Crippen LogP contribution in [0, 0.1) is 13.8 Å². The van der Waals surface area contributed by atoms with Gasteiger partial charge in [-0.05, 0) is 38.6 Å². The van der Waals surface area contributed by atoms with E-state index in [9.17, 15) is 0 Å². The van der Waals surface area contributed by atoms with Gasteiger partial charge in [-0.25, -0.2) is 0 Å². The molecule has 0 atom stereocenters. The average Bonchev–Trinajstić information content (AvgIpc) is 2.52. The van der Waals surface area contributed by atoms with E-state index < -0.39 is 0 Å². The van der Waals surface area contributed by atoms with Gasteiger partial charge in [-0.3, -0.25) is 4.68 Å². The van der Waals surface area contributed by atoms with Gasteiger partial charge < -0.3 is 10.6 Å². The SMILES string of the molecule is CNC(=S)NCCCn1nc(C)cc1C. The number of hydrogen-bond acceptors (Lipinski definition) is 2. The van der Waals surface area contributed by atoms with Gasteiger partial charge in [0, 0.05) is 25.8 Å². The van der Waals surface area contributed by atoms with Crippen molar-refractivity contribution in [1.82, 2.24) is 20.4 Å². The van der Waals surface area contributed by atoms with Crippen molar-refractivity contribution in [1.29, 1.82) is 0 Å². The van der Waals surface area contributed by atoms with Crippen molar-refractivity contribution < 1.29 is 0 Å². The predicted octanol–water partition coefficient (Wildman–Crippen LogP) is 0.984. The number of aryl methyl sites for hydroxylation is 3. The van der Waals surface area contributed by atoms with E-state index in [4.69, 9.17) is 12.2 Å². The number of aromatic nitrogens is 2. The largest absolute Gasteiger partial charge is 0.366 e. The molecule has 0 bridgehead atoms. The smallest absolute Gasteiger partial charge is 0.166 e. The lowest BCUT2D eigenvalue weighted by molar-refractivity contribution is 0.557. The second-order valence-electron chi connectivity index (χ2n) is 3.51. The van der Waals surface area contributed by atoms with Gasteiger partial charge >= 0.3 is 0 Å². The summed E-state index contributed by atoms with van der Waals surface area (Å²) >= 11 is 4.97. The number of hydrogen-bond donors (Lipinski definition) is 2. The van der Waals surface area contributed by atoms with Crippen LogP contribution >= 0.6 is 12.2 Å². The highest BCUT2D eigenvalue weighted by molar-refractivity contribution is 7.80. The normalized spacial score (nSPS) is 10.1. The Morgan fingerprint density at radius 3 is 2.80 bits per heavy atom. The molecule has 0 saturated carbocycles. The second kappa shape index (κ2) is 5.70. The van der Waals surface area contributed by atoms with E-state index in [0.717, 1.165) is 25.2 Å². The van der Waals surface area contributed by atoms with Crippen molar-refractivity contribution in [2.24, 2.45) is 0 Å². The van der Waals surface area contributed by atoms with E-state index in [1.165, 1.54) is 5.69 Å². The summed E-state index contributed by atoms with van der Waals surface area (Å²) in [7, 11) is 1.82. The van der Waals surface area contributed by atoms with Gasteiger partial charge in [0.1, 0.15) is 0 Å². The minimum absolute atomic E-state index is 0.698. The Hall–Kier alpha value is -1.10. The fourth-order valence-electron chi connectivity index (χ4n) is 1.42. The maximum atomic E-state index is 4.97. The number of rotatable bonds is 4. The fourth-order valence-corrected chi connectivity index (χ4v) is 1.52. The first-order valence-electron chi connectivity index (χ1n) is 5.10. The molecule has 84 valence electrons. The Bertz CT molecular complexity index is 332. The first kappa shape index (κ1) is 12.0. The summed E-state index contributed by atoms with van der Waals surface area (Å²) in [5, 5.41) is 11.1. The molecule has 0 unspecified atom stereocenters. The zero-order chi connectivity index (χ0) is 11.3. The summed E-state index contributed by atoms with van der Waals surface area (Å²) in [6, 6.07) is 2.09. The minimum Gasteiger partial charge on any atom is -0.366 e. The summed E-state index contributed by atoms with van der Waals surface area (Å²) in [4.78, 5) is 0. The van der Waals surface area contributed by atoms with Crippen LogP contribution in [0.15, 0.2) is 6.07 Å². The molecule has 1 heterocycles. The van der Waals surface area contributed by atoms with Gasteiger partial charge in [0.05, 0.1) is 5.69 Å². The Kier molecular flexibility index (Phi) is 4.55. The van der Waals surface area contributed by atoms with Crippen LogP contribution in [0.1, 0.15) is 17.8 Å². The number of nitrogens with zero attached hydrogens (tertiary/aromatic N) is 2. The monoisotopic (exact) mass is 226 g/mol. The second-order valence-corrected chi connectivity index (χ2v) is 3.92. The lowest BCUT2D eigenvalue weighted by atomic mass is 10.4. The first-order chi connectivity index (χ1) is 7.13. The van der Waals surface area contributed by atoms with Gasteiger partial charge in [0.25, 0.3) is 0 Å². The van der Waals surface area contributed by atoms with E-state index in [1.807, 2.05) is 18.7 Å². The molecule has 0 fully saturated rings. The average molecular weight is 226 g/mol. The van der Waals surface area contributed by atoms with Gasteiger partial charge in [0.15, 0.2) is 5.11 Å². The summed E-state index contributed by atoms with van der Waals surface area (Å²) in [5.41, 5.74) is 2.29. The van der Waals surface area contributed by atoms with Crippen LogP contribution in [-0.4, -0.2) is 28.5 Å². The highest BCUT2D eigenvalue weighted by Gasteiger charge is 1.99. The fraction of sp³-hybridized carbons (Fsp3) is 0.600. The topological polar surface area (TPSA) is 41.9 Å². The summed E-state index contributed by atoms with van der Waals surface area (Å²) in [6.07, 6.45) is 1.02. The highest BCUT2D eigenvalue weighted by Crippen LogP contribution is 2.01. The molecule has 1 rings (SSSR count). The standard InChI is InChI=1S/C10H18N4S/c1-8-7-9(2)14(13-8)6-4-5-12-10(15)11-3/h7H,4-6H2,1-3H3,(H2,11,12,15). The van der Waals surface area contributed by atoms with Crippen LogP contribution in [0.4, 0.5) is 0 Å². The molecule has 0 aliphatic carbocycles. The van der Waals surface area contributed by atoms with E-state index in [-0.39, 0.29) is 0 Å². The third-order valence-electron chi connectivity index (χ3n) is 2.16. The van der Waals surface area contributed by atoms with Gasteiger partial charge in [0.2, 0.25) is 0 Å². The minimum atomic E-state index is 0.698. The van der Waals surface area contributed by atoms with Crippen molar-refractivity contribution in [3.63, 3.8) is 0 Å². The lowest BCUT2D eigenvalue weighted by Crippen LogP contribution is -2.33. The van der Waals surface area contributed by atoms with Crippen LogP contribution < -0.4 is 10.6 Å². The summed E-state index contributed by atoms with van der Waals surface area (Å²) < 4.78 is 2.03. The maximum absolute atomic E-state index is 4.97. The van der Waals surface area contributed by atoms with Crippen molar-refractivity contribution >= 4 is 17.3 Å². The van der Waals surface area contributed by atoms with E-state index >= 15 is 0 Å².